The molecule has 0 saturated heterocycles. The molecule has 0 atom stereocenters. The maximum absolute atomic E-state index is 12.2. The number of benzene rings is 2. The minimum atomic E-state index is -3.71. The van der Waals surface area contributed by atoms with Crippen molar-refractivity contribution in [2.24, 2.45) is 0 Å². The van der Waals surface area contributed by atoms with Crippen LogP contribution in [0.2, 0.25) is 0 Å². The summed E-state index contributed by atoms with van der Waals surface area (Å²) >= 11 is 0. The average molecular weight is 418 g/mol. The number of carbonyl (C=O) groups excluding carboxylic acids is 2. The van der Waals surface area contributed by atoms with Crippen molar-refractivity contribution in [2.75, 3.05) is 31.6 Å². The largest absolute Gasteiger partial charge is 0.375 e. The maximum Gasteiger partial charge on any atom is 0.240 e. The van der Waals surface area contributed by atoms with Gasteiger partial charge >= 0.3 is 0 Å². The van der Waals surface area contributed by atoms with Crippen molar-refractivity contribution in [1.82, 2.24) is 10.0 Å². The Morgan fingerprint density at radius 3 is 2.24 bits per heavy atom. The van der Waals surface area contributed by atoms with E-state index in [9.17, 15) is 18.0 Å². The first-order valence-corrected chi connectivity index (χ1v) is 10.9. The van der Waals surface area contributed by atoms with Crippen molar-refractivity contribution in [2.45, 2.75) is 24.7 Å². The van der Waals surface area contributed by atoms with Crippen LogP contribution in [0.25, 0.3) is 0 Å². The molecule has 1 amide bonds. The molecule has 0 aliphatic heterocycles. The number of Topliss-reactive ketones (excluding diaryl/α,β-unsaturated/α-hetero) is 1. The SMILES string of the molecule is CC(=O)c1ccc(S(=O)(=O)NCCC(=O)NCCCN(C)c2ccccc2)cc1. The van der Waals surface area contributed by atoms with Crippen molar-refractivity contribution >= 4 is 27.4 Å². The lowest BCUT2D eigenvalue weighted by atomic mass is 10.2. The van der Waals surface area contributed by atoms with Gasteiger partial charge in [-0.15, -0.1) is 0 Å². The first-order chi connectivity index (χ1) is 13.8. The molecule has 2 N–H and O–H groups in total. The lowest BCUT2D eigenvalue weighted by molar-refractivity contribution is -0.120. The molecule has 0 fully saturated rings. The van der Waals surface area contributed by atoms with Crippen molar-refractivity contribution in [3.8, 4) is 0 Å². The molecule has 0 radical (unpaired) electrons. The van der Waals surface area contributed by atoms with Gasteiger partial charge in [-0.1, -0.05) is 30.3 Å². The van der Waals surface area contributed by atoms with Gasteiger partial charge in [-0.25, -0.2) is 13.1 Å². The third-order valence-corrected chi connectivity index (χ3v) is 5.88. The molecule has 0 aliphatic rings. The Bertz CT molecular complexity index is 913. The fraction of sp³-hybridized carbons (Fsp3) is 0.333. The zero-order valence-corrected chi connectivity index (χ0v) is 17.5. The second kappa shape index (κ2) is 10.7. The van der Waals surface area contributed by atoms with E-state index in [4.69, 9.17) is 0 Å². The normalized spacial score (nSPS) is 11.1. The molecule has 0 heterocycles. The quantitative estimate of drug-likeness (QED) is 0.432. The zero-order valence-electron chi connectivity index (χ0n) is 16.7. The molecular weight excluding hydrogens is 390 g/mol. The Balaban J connectivity index is 1.67. The molecule has 8 heteroatoms. The topological polar surface area (TPSA) is 95.6 Å². The fourth-order valence-electron chi connectivity index (χ4n) is 2.70. The summed E-state index contributed by atoms with van der Waals surface area (Å²) in [6.45, 7) is 2.75. The van der Waals surface area contributed by atoms with Gasteiger partial charge in [0.25, 0.3) is 0 Å². The van der Waals surface area contributed by atoms with Gasteiger partial charge in [-0.05, 0) is 37.6 Å². The molecule has 2 aromatic carbocycles. The summed E-state index contributed by atoms with van der Waals surface area (Å²) in [4.78, 5) is 25.3. The van der Waals surface area contributed by atoms with Gasteiger partial charge in [0, 0.05) is 44.4 Å². The number of amides is 1. The number of hydrogen-bond donors (Lipinski definition) is 2. The Hall–Kier alpha value is -2.71. The number of anilines is 1. The number of ketones is 1. The Morgan fingerprint density at radius 1 is 0.966 bits per heavy atom. The van der Waals surface area contributed by atoms with E-state index in [1.165, 1.54) is 31.2 Å². The minimum absolute atomic E-state index is 0.00649. The minimum Gasteiger partial charge on any atom is -0.375 e. The first kappa shape index (κ1) is 22.6. The molecule has 7 nitrogen and oxygen atoms in total. The number of rotatable bonds is 11. The third kappa shape index (κ3) is 7.32. The summed E-state index contributed by atoms with van der Waals surface area (Å²) < 4.78 is 26.9. The molecule has 0 saturated carbocycles. The number of nitrogens with zero attached hydrogens (tertiary/aromatic N) is 1. The monoisotopic (exact) mass is 417 g/mol. The van der Waals surface area contributed by atoms with Gasteiger partial charge in [0.15, 0.2) is 5.78 Å². The predicted molar refractivity (Wildman–Crippen MR) is 114 cm³/mol. The summed E-state index contributed by atoms with van der Waals surface area (Å²) in [5.41, 5.74) is 1.56. The highest BCUT2D eigenvalue weighted by atomic mass is 32.2. The van der Waals surface area contributed by atoms with Crippen molar-refractivity contribution < 1.29 is 18.0 Å². The van der Waals surface area contributed by atoms with E-state index >= 15 is 0 Å². The molecule has 0 spiro atoms. The van der Waals surface area contributed by atoms with Crippen LogP contribution in [-0.4, -0.2) is 46.8 Å². The van der Waals surface area contributed by atoms with Gasteiger partial charge in [-0.3, -0.25) is 9.59 Å². The Labute approximate surface area is 172 Å². The highest BCUT2D eigenvalue weighted by Gasteiger charge is 2.14. The van der Waals surface area contributed by atoms with Crippen LogP contribution in [0.1, 0.15) is 30.1 Å². The number of para-hydroxylation sites is 1. The molecule has 0 unspecified atom stereocenters. The summed E-state index contributed by atoms with van der Waals surface area (Å²) in [6, 6.07) is 15.7. The molecule has 0 bridgehead atoms. The number of sulfonamides is 1. The first-order valence-electron chi connectivity index (χ1n) is 9.43. The molecule has 2 aromatic rings. The van der Waals surface area contributed by atoms with E-state index in [2.05, 4.69) is 14.9 Å². The summed E-state index contributed by atoms with van der Waals surface area (Å²) in [7, 11) is -1.72. The molecule has 156 valence electrons. The fourth-order valence-corrected chi connectivity index (χ4v) is 3.73. The number of hydrogen-bond acceptors (Lipinski definition) is 5. The van der Waals surface area contributed by atoms with Crippen LogP contribution >= 0.6 is 0 Å². The molecule has 0 aliphatic carbocycles. The maximum atomic E-state index is 12.2. The summed E-state index contributed by atoms with van der Waals surface area (Å²) in [5.74, 6) is -0.337. The molecule has 2 rings (SSSR count). The van der Waals surface area contributed by atoms with Crippen molar-refractivity contribution in [1.29, 1.82) is 0 Å². The van der Waals surface area contributed by atoms with Crippen LogP contribution in [0.5, 0.6) is 0 Å². The number of nitrogens with one attached hydrogen (secondary N) is 2. The summed E-state index contributed by atoms with van der Waals surface area (Å²) in [6.07, 6.45) is 0.838. The Kier molecular flexibility index (Phi) is 8.35. The van der Waals surface area contributed by atoms with E-state index < -0.39 is 10.0 Å². The Morgan fingerprint density at radius 2 is 1.62 bits per heavy atom. The van der Waals surface area contributed by atoms with Crippen molar-refractivity contribution in [3.05, 3.63) is 60.2 Å². The lowest BCUT2D eigenvalue weighted by Crippen LogP contribution is -2.32. The number of carbonyl (C=O) groups is 2. The van der Waals surface area contributed by atoms with Gasteiger partial charge in [-0.2, -0.15) is 0 Å². The van der Waals surface area contributed by atoms with E-state index in [-0.39, 0.29) is 29.6 Å². The molecule has 29 heavy (non-hydrogen) atoms. The van der Waals surface area contributed by atoms with Gasteiger partial charge in [0.05, 0.1) is 4.90 Å². The smallest absolute Gasteiger partial charge is 0.240 e. The van der Waals surface area contributed by atoms with E-state index in [1.807, 2.05) is 37.4 Å². The van der Waals surface area contributed by atoms with Gasteiger partial charge in [0.2, 0.25) is 15.9 Å². The van der Waals surface area contributed by atoms with Crippen LogP contribution in [0.15, 0.2) is 59.5 Å². The van der Waals surface area contributed by atoms with Crippen LogP contribution in [0.4, 0.5) is 5.69 Å². The van der Waals surface area contributed by atoms with Crippen LogP contribution in [-0.2, 0) is 14.8 Å². The standard InChI is InChI=1S/C21H27N3O4S/c1-17(25)18-9-11-20(12-10-18)29(27,28)23-15-13-21(26)22-14-6-16-24(2)19-7-4-3-5-8-19/h3-5,7-12,23H,6,13-16H2,1-2H3,(H,22,26). The van der Waals surface area contributed by atoms with E-state index in [1.54, 1.807) is 0 Å². The van der Waals surface area contributed by atoms with Gasteiger partial charge in [0.1, 0.15) is 0 Å². The lowest BCUT2D eigenvalue weighted by Gasteiger charge is -2.19. The van der Waals surface area contributed by atoms with E-state index in [0.717, 1.165) is 18.7 Å². The van der Waals surface area contributed by atoms with Crippen LogP contribution < -0.4 is 14.9 Å². The van der Waals surface area contributed by atoms with Crippen molar-refractivity contribution in [3.63, 3.8) is 0 Å². The third-order valence-electron chi connectivity index (χ3n) is 4.40. The summed E-state index contributed by atoms with van der Waals surface area (Å²) in [5, 5.41) is 2.80. The van der Waals surface area contributed by atoms with Crippen LogP contribution in [0, 0.1) is 0 Å². The van der Waals surface area contributed by atoms with Gasteiger partial charge < -0.3 is 10.2 Å². The zero-order chi connectivity index (χ0) is 21.3. The molecule has 0 aromatic heterocycles. The van der Waals surface area contributed by atoms with Crippen LogP contribution in [0.3, 0.4) is 0 Å². The second-order valence-corrected chi connectivity index (χ2v) is 8.46. The highest BCUT2D eigenvalue weighted by molar-refractivity contribution is 7.89. The highest BCUT2D eigenvalue weighted by Crippen LogP contribution is 2.11. The molecular formula is C21H27N3O4S. The van der Waals surface area contributed by atoms with E-state index in [0.29, 0.717) is 12.1 Å². The second-order valence-electron chi connectivity index (χ2n) is 6.69. The average Bonchev–Trinajstić information content (AvgIpc) is 2.71. The predicted octanol–water partition coefficient (Wildman–Crippen LogP) is 2.20.